The molecule has 1 aromatic rings. The first-order valence-electron chi connectivity index (χ1n) is 7.71. The minimum Gasteiger partial charge on any atom is -0.392 e. The lowest BCUT2D eigenvalue weighted by molar-refractivity contribution is 0.0940. The molecule has 134 valence electrons. The van der Waals surface area contributed by atoms with E-state index in [2.05, 4.69) is 0 Å². The third-order valence-electron chi connectivity index (χ3n) is 4.02. The molecule has 1 aliphatic rings. The van der Waals surface area contributed by atoms with Crippen LogP contribution in [0.2, 0.25) is 5.02 Å². The second kappa shape index (κ2) is 8.24. The van der Waals surface area contributed by atoms with Crippen LogP contribution in [0.1, 0.15) is 48.0 Å². The standard InChI is InChI=1S/C15H20ClFN2O4S/c16-13-7-11(8-20)6-12(14(13)17)15(21)18-19-24(22,23)9-10-4-2-1-3-5-10/h6-7,10,19-20H,1-5,8-9H2,(H,18,21). The van der Waals surface area contributed by atoms with Gasteiger partial charge in [-0.05, 0) is 36.5 Å². The highest BCUT2D eigenvalue weighted by atomic mass is 35.5. The zero-order chi connectivity index (χ0) is 17.7. The number of sulfonamides is 1. The minimum absolute atomic E-state index is 0.0667. The van der Waals surface area contributed by atoms with E-state index in [1.165, 1.54) is 6.07 Å². The van der Waals surface area contributed by atoms with Crippen molar-refractivity contribution in [2.24, 2.45) is 5.92 Å². The molecule has 24 heavy (non-hydrogen) atoms. The lowest BCUT2D eigenvalue weighted by Gasteiger charge is -2.21. The number of hydrogen-bond acceptors (Lipinski definition) is 4. The summed E-state index contributed by atoms with van der Waals surface area (Å²) in [7, 11) is -3.71. The first-order valence-corrected chi connectivity index (χ1v) is 9.74. The van der Waals surface area contributed by atoms with Crippen molar-refractivity contribution >= 4 is 27.5 Å². The van der Waals surface area contributed by atoms with E-state index in [1.54, 1.807) is 0 Å². The molecule has 0 atom stereocenters. The summed E-state index contributed by atoms with van der Waals surface area (Å²) in [5.74, 6) is -1.96. The van der Waals surface area contributed by atoms with Gasteiger partial charge in [0.1, 0.15) is 0 Å². The molecule has 0 bridgehead atoms. The molecule has 0 heterocycles. The Morgan fingerprint density at radius 1 is 1.29 bits per heavy atom. The van der Waals surface area contributed by atoms with Crippen LogP contribution in [0.25, 0.3) is 0 Å². The number of aliphatic hydroxyl groups is 1. The molecule has 1 aromatic carbocycles. The first kappa shape index (κ1) is 19.1. The van der Waals surface area contributed by atoms with E-state index in [9.17, 15) is 17.6 Å². The van der Waals surface area contributed by atoms with Gasteiger partial charge in [-0.15, -0.1) is 4.83 Å². The maximum atomic E-state index is 13.9. The average Bonchev–Trinajstić information content (AvgIpc) is 2.55. The van der Waals surface area contributed by atoms with Crippen LogP contribution in [0.4, 0.5) is 4.39 Å². The van der Waals surface area contributed by atoms with Gasteiger partial charge in [0.15, 0.2) is 5.82 Å². The topological polar surface area (TPSA) is 95.5 Å². The predicted octanol–water partition coefficient (Wildman–Crippen LogP) is 2.12. The monoisotopic (exact) mass is 378 g/mol. The second-order valence-corrected chi connectivity index (χ2v) is 8.11. The number of rotatable bonds is 6. The van der Waals surface area contributed by atoms with Gasteiger partial charge in [0.05, 0.1) is 22.9 Å². The number of benzene rings is 1. The number of halogens is 2. The van der Waals surface area contributed by atoms with Gasteiger partial charge in [0.25, 0.3) is 5.91 Å². The van der Waals surface area contributed by atoms with Gasteiger partial charge in [0, 0.05) is 0 Å². The van der Waals surface area contributed by atoms with E-state index < -0.39 is 33.9 Å². The van der Waals surface area contributed by atoms with Crippen molar-refractivity contribution in [3.8, 4) is 0 Å². The van der Waals surface area contributed by atoms with Crippen molar-refractivity contribution in [3.05, 3.63) is 34.1 Å². The van der Waals surface area contributed by atoms with Gasteiger partial charge in [0.2, 0.25) is 10.0 Å². The fraction of sp³-hybridized carbons (Fsp3) is 0.533. The Bertz CT molecular complexity index is 706. The first-order chi connectivity index (χ1) is 11.3. The molecule has 1 aliphatic carbocycles. The Balaban J connectivity index is 2.00. The summed E-state index contributed by atoms with van der Waals surface area (Å²) in [6.45, 7) is -0.423. The summed E-state index contributed by atoms with van der Waals surface area (Å²) in [5, 5.41) is 8.75. The molecule has 0 aliphatic heterocycles. The smallest absolute Gasteiger partial charge is 0.269 e. The molecule has 1 fully saturated rings. The van der Waals surface area contributed by atoms with Crippen LogP contribution < -0.4 is 10.3 Å². The molecule has 9 heteroatoms. The Kier molecular flexibility index (Phi) is 6.56. The predicted molar refractivity (Wildman–Crippen MR) is 88.3 cm³/mol. The van der Waals surface area contributed by atoms with Crippen LogP contribution in [-0.4, -0.2) is 25.2 Å². The van der Waals surface area contributed by atoms with Crippen molar-refractivity contribution in [1.82, 2.24) is 10.3 Å². The molecule has 6 nitrogen and oxygen atoms in total. The van der Waals surface area contributed by atoms with Gasteiger partial charge in [-0.2, -0.15) is 0 Å². The normalized spacial score (nSPS) is 16.1. The molecule has 0 aromatic heterocycles. The minimum atomic E-state index is -3.71. The lowest BCUT2D eigenvalue weighted by atomic mass is 9.91. The summed E-state index contributed by atoms with van der Waals surface area (Å²) in [4.78, 5) is 14.0. The summed E-state index contributed by atoms with van der Waals surface area (Å²) < 4.78 is 38.0. The molecule has 0 spiro atoms. The fourth-order valence-corrected chi connectivity index (χ4v) is 4.33. The van der Waals surface area contributed by atoms with Gasteiger partial charge in [-0.3, -0.25) is 10.2 Å². The van der Waals surface area contributed by atoms with Crippen molar-refractivity contribution in [1.29, 1.82) is 0 Å². The summed E-state index contributed by atoms with van der Waals surface area (Å²) in [6, 6.07) is 2.31. The van der Waals surface area contributed by atoms with E-state index in [0.717, 1.165) is 38.2 Å². The summed E-state index contributed by atoms with van der Waals surface area (Å²) in [5.41, 5.74) is 1.80. The molecule has 1 saturated carbocycles. The summed E-state index contributed by atoms with van der Waals surface area (Å²) >= 11 is 5.66. The molecular weight excluding hydrogens is 359 g/mol. The third kappa shape index (κ3) is 5.14. The highest BCUT2D eigenvalue weighted by Crippen LogP contribution is 2.24. The molecule has 3 N–H and O–H groups in total. The third-order valence-corrected chi connectivity index (χ3v) is 5.61. The van der Waals surface area contributed by atoms with Gasteiger partial charge >= 0.3 is 0 Å². The van der Waals surface area contributed by atoms with Crippen molar-refractivity contribution in [3.63, 3.8) is 0 Å². The maximum Gasteiger partial charge on any atom is 0.269 e. The molecule has 1 amide bonds. The van der Waals surface area contributed by atoms with Crippen molar-refractivity contribution in [2.75, 3.05) is 5.75 Å². The SMILES string of the molecule is O=C(NNS(=O)(=O)CC1CCCCC1)c1cc(CO)cc(Cl)c1F. The number of carbonyl (C=O) groups is 1. The molecule has 0 saturated heterocycles. The van der Waals surface area contributed by atoms with Crippen LogP contribution in [0.15, 0.2) is 12.1 Å². The van der Waals surface area contributed by atoms with Crippen molar-refractivity contribution < 1.29 is 22.7 Å². The number of aliphatic hydroxyl groups excluding tert-OH is 1. The highest BCUT2D eigenvalue weighted by molar-refractivity contribution is 7.89. The van der Waals surface area contributed by atoms with E-state index in [-0.39, 0.29) is 22.3 Å². The van der Waals surface area contributed by atoms with E-state index in [4.69, 9.17) is 16.7 Å². The zero-order valence-electron chi connectivity index (χ0n) is 13.0. The number of nitrogens with one attached hydrogen (secondary N) is 2. The zero-order valence-corrected chi connectivity index (χ0v) is 14.6. The van der Waals surface area contributed by atoms with Crippen LogP contribution in [0.3, 0.4) is 0 Å². The number of carbonyl (C=O) groups excluding carboxylic acids is 1. The Morgan fingerprint density at radius 3 is 2.58 bits per heavy atom. The van der Waals surface area contributed by atoms with Crippen LogP contribution in [0.5, 0.6) is 0 Å². The maximum absolute atomic E-state index is 13.9. The van der Waals surface area contributed by atoms with E-state index in [1.807, 2.05) is 10.3 Å². The van der Waals surface area contributed by atoms with Gasteiger partial charge in [-0.25, -0.2) is 12.8 Å². The highest BCUT2D eigenvalue weighted by Gasteiger charge is 2.23. The van der Waals surface area contributed by atoms with Crippen molar-refractivity contribution in [2.45, 2.75) is 38.7 Å². The van der Waals surface area contributed by atoms with E-state index in [0.29, 0.717) is 0 Å². The van der Waals surface area contributed by atoms with E-state index >= 15 is 0 Å². The van der Waals surface area contributed by atoms with Crippen LogP contribution >= 0.6 is 11.6 Å². The molecule has 0 unspecified atom stereocenters. The van der Waals surface area contributed by atoms with Crippen LogP contribution in [0, 0.1) is 11.7 Å². The quantitative estimate of drug-likeness (QED) is 0.661. The number of amides is 1. The fourth-order valence-electron chi connectivity index (χ4n) is 2.80. The number of hydrazine groups is 1. The van der Waals surface area contributed by atoms with Crippen LogP contribution in [-0.2, 0) is 16.6 Å². The Labute approximate surface area is 145 Å². The molecule has 0 radical (unpaired) electrons. The van der Waals surface area contributed by atoms with Gasteiger partial charge < -0.3 is 5.11 Å². The van der Waals surface area contributed by atoms with Gasteiger partial charge in [-0.1, -0.05) is 30.9 Å². The molecular formula is C15H20ClFN2O4S. The largest absolute Gasteiger partial charge is 0.392 e. The Morgan fingerprint density at radius 2 is 1.96 bits per heavy atom. The Hall–Kier alpha value is -1.22. The second-order valence-electron chi connectivity index (χ2n) is 5.94. The lowest BCUT2D eigenvalue weighted by Crippen LogP contribution is -2.44. The summed E-state index contributed by atoms with van der Waals surface area (Å²) in [6.07, 6.45) is 4.81. The average molecular weight is 379 g/mol. The number of hydrogen-bond donors (Lipinski definition) is 3. The molecule has 2 rings (SSSR count).